The molecule has 1 aliphatic heterocycles. The molecule has 0 saturated heterocycles. The first-order valence-electron chi connectivity index (χ1n) is 7.71. The summed E-state index contributed by atoms with van der Waals surface area (Å²) in [7, 11) is -3.60. The third kappa shape index (κ3) is 2.70. The van der Waals surface area contributed by atoms with E-state index in [4.69, 9.17) is 0 Å². The fourth-order valence-corrected chi connectivity index (χ4v) is 5.58. The Kier molecular flexibility index (Phi) is 4.27. The first-order valence-corrected chi connectivity index (χ1v) is 9.94. The van der Waals surface area contributed by atoms with Gasteiger partial charge in [0.15, 0.2) is 0 Å². The maximum atomic E-state index is 13.3. The number of aromatic nitrogens is 2. The summed E-state index contributed by atoms with van der Waals surface area (Å²) in [5.41, 5.74) is 3.11. The van der Waals surface area contributed by atoms with E-state index in [0.29, 0.717) is 29.4 Å². The molecule has 0 amide bonds. The van der Waals surface area contributed by atoms with Crippen molar-refractivity contribution in [2.24, 2.45) is 0 Å². The highest BCUT2D eigenvalue weighted by molar-refractivity contribution is 9.10. The van der Waals surface area contributed by atoms with Gasteiger partial charge >= 0.3 is 0 Å². The molecule has 0 fully saturated rings. The van der Waals surface area contributed by atoms with Gasteiger partial charge in [-0.15, -0.1) is 0 Å². The molecule has 0 bridgehead atoms. The normalized spacial score (nSPS) is 14.9. The van der Waals surface area contributed by atoms with Crippen molar-refractivity contribution in [3.63, 3.8) is 0 Å². The molecule has 2 aromatic rings. The van der Waals surface area contributed by atoms with Crippen molar-refractivity contribution in [3.05, 3.63) is 39.6 Å². The van der Waals surface area contributed by atoms with Crippen LogP contribution in [-0.4, -0.2) is 24.7 Å². The zero-order chi connectivity index (χ0) is 16.8. The lowest BCUT2D eigenvalue weighted by atomic mass is 10.0. The molecule has 0 atom stereocenters. The minimum Gasteiger partial charge on any atom is -0.268 e. The largest absolute Gasteiger partial charge is 0.268 e. The van der Waals surface area contributed by atoms with E-state index in [1.54, 1.807) is 11.6 Å². The number of sulfonamides is 1. The summed E-state index contributed by atoms with van der Waals surface area (Å²) in [6.07, 6.45) is 1.72. The van der Waals surface area contributed by atoms with Crippen LogP contribution in [0.1, 0.15) is 30.3 Å². The summed E-state index contributed by atoms with van der Waals surface area (Å²) in [6.45, 7) is 6.71. The summed E-state index contributed by atoms with van der Waals surface area (Å²) in [4.78, 5) is 0.343. The van der Waals surface area contributed by atoms with Crippen LogP contribution in [-0.2, 0) is 23.0 Å². The lowest BCUT2D eigenvalue weighted by molar-refractivity contribution is 0.584. The van der Waals surface area contributed by atoms with Gasteiger partial charge in [0.05, 0.1) is 17.1 Å². The lowest BCUT2D eigenvalue weighted by Crippen LogP contribution is -2.36. The Hall–Kier alpha value is -1.34. The molecular formula is C16H20BrN3O2S. The standard InChI is InChI=1S/C16H20BrN3O2S/c1-4-19-12(3)16(11(2)18-19)23(21,22)20-9-5-6-13-10-14(17)7-8-15(13)20/h7-8,10H,4-6,9H2,1-3H3. The van der Waals surface area contributed by atoms with Crippen molar-refractivity contribution < 1.29 is 8.42 Å². The number of anilines is 1. The molecule has 1 aromatic heterocycles. The van der Waals surface area contributed by atoms with E-state index in [1.165, 1.54) is 4.31 Å². The van der Waals surface area contributed by atoms with E-state index in [0.717, 1.165) is 28.6 Å². The molecule has 0 unspecified atom stereocenters. The molecule has 0 radical (unpaired) electrons. The van der Waals surface area contributed by atoms with Crippen LogP contribution in [0, 0.1) is 13.8 Å². The molecule has 0 spiro atoms. The van der Waals surface area contributed by atoms with Gasteiger partial charge in [0.25, 0.3) is 10.0 Å². The lowest BCUT2D eigenvalue weighted by Gasteiger charge is -2.30. The van der Waals surface area contributed by atoms with Crippen LogP contribution >= 0.6 is 15.9 Å². The molecular weight excluding hydrogens is 378 g/mol. The van der Waals surface area contributed by atoms with Crippen LogP contribution in [0.15, 0.2) is 27.6 Å². The zero-order valence-corrected chi connectivity index (χ0v) is 15.9. The van der Waals surface area contributed by atoms with Gasteiger partial charge in [0.1, 0.15) is 4.90 Å². The third-order valence-corrected chi connectivity index (χ3v) is 6.84. The Morgan fingerprint density at radius 3 is 2.70 bits per heavy atom. The highest BCUT2D eigenvalue weighted by Gasteiger charge is 2.33. The number of hydrogen-bond donors (Lipinski definition) is 0. The number of nitrogens with zero attached hydrogens (tertiary/aromatic N) is 3. The Balaban J connectivity index is 2.14. The molecule has 5 nitrogen and oxygen atoms in total. The van der Waals surface area contributed by atoms with Crippen LogP contribution in [0.5, 0.6) is 0 Å². The average Bonchev–Trinajstić information content (AvgIpc) is 2.80. The van der Waals surface area contributed by atoms with Gasteiger partial charge in [0.2, 0.25) is 0 Å². The van der Waals surface area contributed by atoms with Crippen molar-refractivity contribution in [2.45, 2.75) is 45.1 Å². The van der Waals surface area contributed by atoms with Crippen molar-refractivity contribution >= 4 is 31.6 Å². The summed E-state index contributed by atoms with van der Waals surface area (Å²) in [5.74, 6) is 0. The molecule has 0 saturated carbocycles. The summed E-state index contributed by atoms with van der Waals surface area (Å²) in [6, 6.07) is 5.78. The van der Waals surface area contributed by atoms with Crippen LogP contribution in [0.4, 0.5) is 5.69 Å². The summed E-state index contributed by atoms with van der Waals surface area (Å²) < 4.78 is 30.8. The summed E-state index contributed by atoms with van der Waals surface area (Å²) >= 11 is 3.46. The highest BCUT2D eigenvalue weighted by atomic mass is 79.9. The fourth-order valence-electron chi connectivity index (χ4n) is 3.25. The number of halogens is 1. The van der Waals surface area contributed by atoms with E-state index in [1.807, 2.05) is 32.0 Å². The molecule has 124 valence electrons. The van der Waals surface area contributed by atoms with Crippen LogP contribution in [0.3, 0.4) is 0 Å². The highest BCUT2D eigenvalue weighted by Crippen LogP contribution is 2.35. The van der Waals surface area contributed by atoms with Gasteiger partial charge in [-0.3, -0.25) is 8.99 Å². The van der Waals surface area contributed by atoms with Gasteiger partial charge in [-0.25, -0.2) is 8.42 Å². The fraction of sp³-hybridized carbons (Fsp3) is 0.438. The Labute approximate surface area is 145 Å². The summed E-state index contributed by atoms with van der Waals surface area (Å²) in [5, 5.41) is 4.36. The van der Waals surface area contributed by atoms with Gasteiger partial charge in [-0.05, 0) is 57.4 Å². The Morgan fingerprint density at radius 2 is 2.04 bits per heavy atom. The van der Waals surface area contributed by atoms with E-state index in [9.17, 15) is 8.42 Å². The average molecular weight is 398 g/mol. The van der Waals surface area contributed by atoms with Crippen molar-refractivity contribution in [1.82, 2.24) is 9.78 Å². The molecule has 2 heterocycles. The second-order valence-electron chi connectivity index (χ2n) is 5.77. The van der Waals surface area contributed by atoms with E-state index < -0.39 is 10.0 Å². The predicted octanol–water partition coefficient (Wildman–Crippen LogP) is 3.42. The smallest absolute Gasteiger partial charge is 0.268 e. The first kappa shape index (κ1) is 16.5. The van der Waals surface area contributed by atoms with Gasteiger partial charge in [-0.1, -0.05) is 15.9 Å². The molecule has 1 aromatic carbocycles. The quantitative estimate of drug-likeness (QED) is 0.796. The molecule has 0 aliphatic carbocycles. The molecule has 3 rings (SSSR count). The SMILES string of the molecule is CCn1nc(C)c(S(=O)(=O)N2CCCc3cc(Br)ccc32)c1C. The second-order valence-corrected chi connectivity index (χ2v) is 8.48. The number of rotatable bonds is 3. The Bertz CT molecular complexity index is 858. The first-order chi connectivity index (χ1) is 10.9. The third-order valence-electron chi connectivity index (χ3n) is 4.28. The zero-order valence-electron chi connectivity index (χ0n) is 13.5. The van der Waals surface area contributed by atoms with Crippen molar-refractivity contribution in [2.75, 3.05) is 10.8 Å². The maximum Gasteiger partial charge on any atom is 0.268 e. The van der Waals surface area contributed by atoms with E-state index >= 15 is 0 Å². The number of benzene rings is 1. The number of fused-ring (bicyclic) bond motifs is 1. The van der Waals surface area contributed by atoms with Crippen molar-refractivity contribution in [1.29, 1.82) is 0 Å². The van der Waals surface area contributed by atoms with Gasteiger partial charge < -0.3 is 0 Å². The van der Waals surface area contributed by atoms with Crippen molar-refractivity contribution in [3.8, 4) is 0 Å². The minimum absolute atomic E-state index is 0.343. The van der Waals surface area contributed by atoms with Gasteiger partial charge in [0, 0.05) is 17.6 Å². The van der Waals surface area contributed by atoms with Crippen LogP contribution < -0.4 is 4.31 Å². The second kappa shape index (κ2) is 5.94. The minimum atomic E-state index is -3.60. The van der Waals surface area contributed by atoms with E-state index in [2.05, 4.69) is 21.0 Å². The molecule has 1 aliphatic rings. The van der Waals surface area contributed by atoms with Gasteiger partial charge in [-0.2, -0.15) is 5.10 Å². The maximum absolute atomic E-state index is 13.3. The number of hydrogen-bond acceptors (Lipinski definition) is 3. The molecule has 7 heteroatoms. The number of aryl methyl sites for hydroxylation is 3. The monoisotopic (exact) mass is 397 g/mol. The molecule has 0 N–H and O–H groups in total. The molecule has 23 heavy (non-hydrogen) atoms. The predicted molar refractivity (Wildman–Crippen MR) is 94.4 cm³/mol. The van der Waals surface area contributed by atoms with E-state index in [-0.39, 0.29) is 0 Å². The van der Waals surface area contributed by atoms with Crippen LogP contribution in [0.25, 0.3) is 0 Å². The topological polar surface area (TPSA) is 55.2 Å². The van der Waals surface area contributed by atoms with Crippen LogP contribution in [0.2, 0.25) is 0 Å². The Morgan fingerprint density at radius 1 is 1.30 bits per heavy atom.